The van der Waals surface area contributed by atoms with Gasteiger partial charge in [-0.1, -0.05) is 6.07 Å². The number of methoxy groups -OCH3 is 1. The minimum atomic E-state index is -0.911. The third-order valence-electron chi connectivity index (χ3n) is 3.50. The highest BCUT2D eigenvalue weighted by Gasteiger charge is 2.38. The molecule has 2 N–H and O–H groups in total. The number of nitrogens with two attached hydrogens (primary N) is 1. The number of halogens is 1. The molecule has 3 rings (SSSR count). The summed E-state index contributed by atoms with van der Waals surface area (Å²) < 4.78 is 5.54. The van der Waals surface area contributed by atoms with Gasteiger partial charge >= 0.3 is 0 Å². The predicted octanol–water partition coefficient (Wildman–Crippen LogP) is 2.04. The van der Waals surface area contributed by atoms with Crippen LogP contribution < -0.4 is 15.4 Å². The lowest BCUT2D eigenvalue weighted by molar-refractivity contribution is -0.119. The monoisotopic (exact) mass is 361 g/mol. The Hall–Kier alpha value is -2.25. The van der Waals surface area contributed by atoms with Gasteiger partial charge < -0.3 is 10.5 Å². The van der Waals surface area contributed by atoms with Crippen molar-refractivity contribution in [2.24, 2.45) is 5.73 Å². The highest BCUT2D eigenvalue weighted by Crippen LogP contribution is 2.34. The van der Waals surface area contributed by atoms with Gasteiger partial charge in [0.2, 0.25) is 0 Å². The van der Waals surface area contributed by atoms with E-state index in [1.165, 1.54) is 7.11 Å². The number of anilines is 1. The molecular formula is C15H12BrN3O3. The van der Waals surface area contributed by atoms with Crippen molar-refractivity contribution in [2.45, 2.75) is 6.04 Å². The van der Waals surface area contributed by atoms with Gasteiger partial charge in [0, 0.05) is 11.8 Å². The fourth-order valence-electron chi connectivity index (χ4n) is 2.38. The maximum atomic E-state index is 12.7. The van der Waals surface area contributed by atoms with Crippen LogP contribution in [0.4, 0.5) is 5.69 Å². The summed E-state index contributed by atoms with van der Waals surface area (Å²) in [5.74, 6) is -0.412. The normalized spacial score (nSPS) is 17.4. The minimum Gasteiger partial charge on any atom is -0.497 e. The van der Waals surface area contributed by atoms with E-state index in [0.717, 1.165) is 4.90 Å². The second kappa shape index (κ2) is 5.51. The number of fused-ring (bicyclic) bond motifs is 1. The van der Waals surface area contributed by atoms with Gasteiger partial charge in [-0.25, -0.2) is 9.88 Å². The van der Waals surface area contributed by atoms with Crippen LogP contribution in [0.3, 0.4) is 0 Å². The Morgan fingerprint density at radius 1 is 1.32 bits per heavy atom. The molecule has 1 unspecified atom stereocenters. The van der Waals surface area contributed by atoms with Crippen LogP contribution >= 0.6 is 15.9 Å². The number of ether oxygens (including phenoxy) is 1. The molecule has 0 fully saturated rings. The van der Waals surface area contributed by atoms with E-state index in [1.54, 1.807) is 36.5 Å². The number of pyridine rings is 1. The molecule has 2 heterocycles. The average Bonchev–Trinajstić information content (AvgIpc) is 2.54. The molecule has 2 aromatic rings. The van der Waals surface area contributed by atoms with Crippen LogP contribution in [0.2, 0.25) is 0 Å². The number of hydrogen-bond donors (Lipinski definition) is 1. The lowest BCUT2D eigenvalue weighted by Gasteiger charge is -2.31. The van der Waals surface area contributed by atoms with Crippen LogP contribution in [0.25, 0.3) is 0 Å². The molecule has 1 aliphatic rings. The molecule has 7 heteroatoms. The highest BCUT2D eigenvalue weighted by atomic mass is 79.9. The molecule has 1 aromatic heterocycles. The summed E-state index contributed by atoms with van der Waals surface area (Å²) in [6.07, 6.45) is 1.56. The molecule has 22 heavy (non-hydrogen) atoms. The maximum absolute atomic E-state index is 12.7. The smallest absolute Gasteiger partial charge is 0.265 e. The van der Waals surface area contributed by atoms with Gasteiger partial charge in [0.15, 0.2) is 0 Å². The van der Waals surface area contributed by atoms with Gasteiger partial charge in [-0.2, -0.15) is 0 Å². The molecule has 0 spiro atoms. The van der Waals surface area contributed by atoms with Crippen molar-refractivity contribution in [1.29, 1.82) is 0 Å². The SMILES string of the molecule is COc1ccc2c(c1)C(=O)N(c1cccnc1Br)C(=O)C2N. The zero-order chi connectivity index (χ0) is 15.9. The van der Waals surface area contributed by atoms with Crippen molar-refractivity contribution < 1.29 is 14.3 Å². The number of carbonyl (C=O) groups is 2. The number of aromatic nitrogens is 1. The number of carbonyl (C=O) groups excluding carboxylic acids is 2. The first kappa shape index (κ1) is 14.7. The lowest BCUT2D eigenvalue weighted by atomic mass is 9.94. The topological polar surface area (TPSA) is 85.5 Å². The quantitative estimate of drug-likeness (QED) is 0.653. The Labute approximate surface area is 135 Å². The van der Waals surface area contributed by atoms with E-state index in [1.807, 2.05) is 0 Å². The fourth-order valence-corrected chi connectivity index (χ4v) is 2.81. The molecular weight excluding hydrogens is 350 g/mol. The van der Waals surface area contributed by atoms with Gasteiger partial charge in [0.25, 0.3) is 11.8 Å². The summed E-state index contributed by atoms with van der Waals surface area (Å²) in [4.78, 5) is 30.3. The zero-order valence-electron chi connectivity index (χ0n) is 11.6. The van der Waals surface area contributed by atoms with Gasteiger partial charge in [-0.05, 0) is 45.8 Å². The number of rotatable bonds is 2. The molecule has 1 aromatic carbocycles. The van der Waals surface area contributed by atoms with Crippen molar-refractivity contribution in [3.8, 4) is 5.75 Å². The highest BCUT2D eigenvalue weighted by molar-refractivity contribution is 9.10. The Morgan fingerprint density at radius 3 is 2.77 bits per heavy atom. The van der Waals surface area contributed by atoms with E-state index in [9.17, 15) is 9.59 Å². The summed E-state index contributed by atoms with van der Waals surface area (Å²) in [5, 5.41) is 0. The van der Waals surface area contributed by atoms with Crippen molar-refractivity contribution >= 4 is 33.4 Å². The lowest BCUT2D eigenvalue weighted by Crippen LogP contribution is -2.47. The molecule has 0 aliphatic carbocycles. The van der Waals surface area contributed by atoms with Crippen molar-refractivity contribution in [3.63, 3.8) is 0 Å². The van der Waals surface area contributed by atoms with Gasteiger partial charge in [-0.15, -0.1) is 0 Å². The van der Waals surface area contributed by atoms with E-state index in [4.69, 9.17) is 10.5 Å². The second-order valence-corrected chi connectivity index (χ2v) is 5.47. The number of benzene rings is 1. The fraction of sp³-hybridized carbons (Fsp3) is 0.133. The van der Waals surface area contributed by atoms with Crippen LogP contribution in [0.5, 0.6) is 5.75 Å². The van der Waals surface area contributed by atoms with Crippen LogP contribution in [0.15, 0.2) is 41.1 Å². The molecule has 0 saturated heterocycles. The summed E-state index contributed by atoms with van der Waals surface area (Å²) in [6.45, 7) is 0. The van der Waals surface area contributed by atoms with E-state index in [-0.39, 0.29) is 0 Å². The van der Waals surface area contributed by atoms with E-state index in [0.29, 0.717) is 27.2 Å². The molecule has 2 amide bonds. The van der Waals surface area contributed by atoms with Crippen LogP contribution in [-0.4, -0.2) is 23.9 Å². The van der Waals surface area contributed by atoms with Crippen molar-refractivity contribution in [1.82, 2.24) is 4.98 Å². The predicted molar refractivity (Wildman–Crippen MR) is 83.7 cm³/mol. The minimum absolute atomic E-state index is 0.349. The molecule has 112 valence electrons. The Morgan fingerprint density at radius 2 is 2.09 bits per heavy atom. The van der Waals surface area contributed by atoms with Crippen LogP contribution in [-0.2, 0) is 4.79 Å². The first-order valence-electron chi connectivity index (χ1n) is 6.47. The summed E-state index contributed by atoms with van der Waals surface area (Å²) in [5.41, 5.74) is 7.21. The Kier molecular flexibility index (Phi) is 3.67. The number of amides is 2. The Bertz CT molecular complexity index is 778. The number of imide groups is 1. The van der Waals surface area contributed by atoms with E-state index >= 15 is 0 Å². The summed E-state index contributed by atoms with van der Waals surface area (Å²) in [6, 6.07) is 7.27. The molecule has 0 saturated carbocycles. The molecule has 6 nitrogen and oxygen atoms in total. The molecule has 0 radical (unpaired) electrons. The first-order valence-corrected chi connectivity index (χ1v) is 7.26. The third-order valence-corrected chi connectivity index (χ3v) is 4.11. The third kappa shape index (κ3) is 2.18. The van der Waals surface area contributed by atoms with Gasteiger partial charge in [0.05, 0.1) is 12.8 Å². The van der Waals surface area contributed by atoms with E-state index < -0.39 is 17.9 Å². The summed E-state index contributed by atoms with van der Waals surface area (Å²) in [7, 11) is 1.51. The van der Waals surface area contributed by atoms with Crippen molar-refractivity contribution in [3.05, 3.63) is 52.3 Å². The van der Waals surface area contributed by atoms with Crippen LogP contribution in [0.1, 0.15) is 22.0 Å². The van der Waals surface area contributed by atoms with Gasteiger partial charge in [0.1, 0.15) is 16.4 Å². The van der Waals surface area contributed by atoms with Gasteiger partial charge in [-0.3, -0.25) is 9.59 Å². The molecule has 1 atom stereocenters. The zero-order valence-corrected chi connectivity index (χ0v) is 13.2. The number of nitrogens with zero attached hydrogens (tertiary/aromatic N) is 2. The number of hydrogen-bond acceptors (Lipinski definition) is 5. The van der Waals surface area contributed by atoms with E-state index in [2.05, 4.69) is 20.9 Å². The maximum Gasteiger partial charge on any atom is 0.265 e. The molecule has 0 bridgehead atoms. The first-order chi connectivity index (χ1) is 10.5. The summed E-state index contributed by atoms with van der Waals surface area (Å²) >= 11 is 3.25. The largest absolute Gasteiger partial charge is 0.497 e. The second-order valence-electron chi connectivity index (χ2n) is 4.72. The van der Waals surface area contributed by atoms with Crippen molar-refractivity contribution in [2.75, 3.05) is 12.0 Å². The Balaban J connectivity index is 2.17. The molecule has 1 aliphatic heterocycles. The average molecular weight is 362 g/mol. The van der Waals surface area contributed by atoms with Crippen LogP contribution in [0, 0.1) is 0 Å². The standard InChI is InChI=1S/C15H12BrN3O3/c1-22-8-4-5-9-10(7-8)14(20)19(15(21)12(9)17)11-3-2-6-18-13(11)16/h2-7,12H,17H2,1H3.